The predicted molar refractivity (Wildman–Crippen MR) is 69.8 cm³/mol. The Hall–Kier alpha value is -0.680. The SMILES string of the molecule is CCc1nsc(NCC(N)C(CC)CC)n1. The molecule has 0 spiro atoms. The Kier molecular flexibility index (Phi) is 5.69. The summed E-state index contributed by atoms with van der Waals surface area (Å²) in [7, 11) is 0. The van der Waals surface area contributed by atoms with Gasteiger partial charge in [-0.2, -0.15) is 4.37 Å². The van der Waals surface area contributed by atoms with Crippen LogP contribution in [0.25, 0.3) is 0 Å². The number of aromatic nitrogens is 2. The van der Waals surface area contributed by atoms with Gasteiger partial charge in [-0.3, -0.25) is 0 Å². The normalized spacial score (nSPS) is 13.1. The lowest BCUT2D eigenvalue weighted by molar-refractivity contribution is 0.407. The standard InChI is InChI=1S/C11H22N4S/c1-4-8(5-2)9(12)7-13-11-14-10(6-3)15-16-11/h8-9H,4-7,12H2,1-3H3,(H,13,14,15). The molecule has 1 atom stereocenters. The molecule has 1 aromatic heterocycles. The Labute approximate surface area is 102 Å². The maximum absolute atomic E-state index is 6.12. The second-order valence-corrected chi connectivity index (χ2v) is 4.74. The van der Waals surface area contributed by atoms with E-state index < -0.39 is 0 Å². The molecule has 0 aliphatic rings. The van der Waals surface area contributed by atoms with E-state index in [9.17, 15) is 0 Å². The minimum absolute atomic E-state index is 0.198. The zero-order valence-electron chi connectivity index (χ0n) is 10.4. The van der Waals surface area contributed by atoms with Crippen LogP contribution in [0.2, 0.25) is 0 Å². The first-order valence-corrected chi connectivity index (χ1v) is 6.80. The first kappa shape index (κ1) is 13.4. The summed E-state index contributed by atoms with van der Waals surface area (Å²) >= 11 is 1.42. The highest BCUT2D eigenvalue weighted by atomic mass is 32.1. The average molecular weight is 242 g/mol. The Balaban J connectivity index is 2.38. The molecule has 0 saturated carbocycles. The summed E-state index contributed by atoms with van der Waals surface area (Å²) in [5.41, 5.74) is 6.12. The van der Waals surface area contributed by atoms with E-state index in [1.54, 1.807) is 0 Å². The molecule has 16 heavy (non-hydrogen) atoms. The highest BCUT2D eigenvalue weighted by Gasteiger charge is 2.14. The van der Waals surface area contributed by atoms with Crippen molar-refractivity contribution >= 4 is 16.7 Å². The van der Waals surface area contributed by atoms with Crippen molar-refractivity contribution in [3.8, 4) is 0 Å². The van der Waals surface area contributed by atoms with Crippen LogP contribution >= 0.6 is 11.5 Å². The van der Waals surface area contributed by atoms with Gasteiger partial charge >= 0.3 is 0 Å². The third-order valence-corrected chi connectivity index (χ3v) is 3.64. The van der Waals surface area contributed by atoms with Crippen molar-refractivity contribution in [2.75, 3.05) is 11.9 Å². The highest BCUT2D eigenvalue weighted by molar-refractivity contribution is 7.09. The van der Waals surface area contributed by atoms with Gasteiger partial charge in [-0.1, -0.05) is 33.6 Å². The molecule has 0 aliphatic heterocycles. The Bertz CT molecular complexity index is 296. The highest BCUT2D eigenvalue weighted by Crippen LogP contribution is 2.14. The van der Waals surface area contributed by atoms with Gasteiger partial charge in [0, 0.05) is 30.5 Å². The molecule has 4 nitrogen and oxygen atoms in total. The third kappa shape index (κ3) is 3.72. The molecule has 3 N–H and O–H groups in total. The molecule has 0 aromatic carbocycles. The maximum Gasteiger partial charge on any atom is 0.202 e. The van der Waals surface area contributed by atoms with E-state index in [4.69, 9.17) is 5.73 Å². The van der Waals surface area contributed by atoms with Crippen LogP contribution in [0, 0.1) is 5.92 Å². The minimum atomic E-state index is 0.198. The lowest BCUT2D eigenvalue weighted by Crippen LogP contribution is -2.36. The molecule has 5 heteroatoms. The van der Waals surface area contributed by atoms with Gasteiger partial charge < -0.3 is 11.1 Å². The third-order valence-electron chi connectivity index (χ3n) is 2.93. The van der Waals surface area contributed by atoms with Gasteiger partial charge in [0.1, 0.15) is 5.82 Å². The van der Waals surface area contributed by atoms with E-state index in [2.05, 4.69) is 35.4 Å². The van der Waals surface area contributed by atoms with Crippen molar-refractivity contribution in [1.29, 1.82) is 0 Å². The molecular weight excluding hydrogens is 220 g/mol. The van der Waals surface area contributed by atoms with Gasteiger partial charge in [-0.25, -0.2) is 4.98 Å². The van der Waals surface area contributed by atoms with Crippen LogP contribution in [0.1, 0.15) is 39.4 Å². The van der Waals surface area contributed by atoms with Crippen LogP contribution in [0.3, 0.4) is 0 Å². The summed E-state index contributed by atoms with van der Waals surface area (Å²) in [4.78, 5) is 4.35. The summed E-state index contributed by atoms with van der Waals surface area (Å²) in [5, 5.41) is 4.16. The van der Waals surface area contributed by atoms with Crippen LogP contribution in [-0.2, 0) is 6.42 Å². The van der Waals surface area contributed by atoms with Crippen LogP contribution < -0.4 is 11.1 Å². The van der Waals surface area contributed by atoms with Gasteiger partial charge in [0.2, 0.25) is 5.13 Å². The lowest BCUT2D eigenvalue weighted by atomic mass is 9.95. The van der Waals surface area contributed by atoms with Gasteiger partial charge in [-0.05, 0) is 5.92 Å². The van der Waals surface area contributed by atoms with E-state index in [0.29, 0.717) is 5.92 Å². The minimum Gasteiger partial charge on any atom is -0.359 e. The van der Waals surface area contributed by atoms with E-state index in [-0.39, 0.29) is 6.04 Å². The first-order chi connectivity index (χ1) is 7.71. The van der Waals surface area contributed by atoms with Crippen LogP contribution in [0.4, 0.5) is 5.13 Å². The summed E-state index contributed by atoms with van der Waals surface area (Å²) in [5.74, 6) is 1.50. The molecule has 1 aromatic rings. The number of nitrogens with two attached hydrogens (primary N) is 1. The molecule has 1 heterocycles. The van der Waals surface area contributed by atoms with Crippen molar-refractivity contribution in [2.45, 2.75) is 46.1 Å². The molecular formula is C11H22N4S. The van der Waals surface area contributed by atoms with E-state index in [1.165, 1.54) is 11.5 Å². The fourth-order valence-corrected chi connectivity index (χ4v) is 2.39. The topological polar surface area (TPSA) is 63.8 Å². The Morgan fingerprint density at radius 3 is 2.50 bits per heavy atom. The van der Waals surface area contributed by atoms with Crippen LogP contribution in [-0.4, -0.2) is 21.9 Å². The summed E-state index contributed by atoms with van der Waals surface area (Å²) < 4.78 is 4.23. The van der Waals surface area contributed by atoms with Gasteiger partial charge in [0.25, 0.3) is 0 Å². The molecule has 0 saturated heterocycles. The van der Waals surface area contributed by atoms with E-state index in [0.717, 1.165) is 36.8 Å². The number of aryl methyl sites for hydroxylation is 1. The fourth-order valence-electron chi connectivity index (χ4n) is 1.74. The van der Waals surface area contributed by atoms with Crippen molar-refractivity contribution in [2.24, 2.45) is 11.7 Å². The van der Waals surface area contributed by atoms with Gasteiger partial charge in [0.15, 0.2) is 0 Å². The quantitative estimate of drug-likeness (QED) is 0.770. The molecule has 1 unspecified atom stereocenters. The largest absolute Gasteiger partial charge is 0.359 e. The van der Waals surface area contributed by atoms with Crippen LogP contribution in [0.15, 0.2) is 0 Å². The first-order valence-electron chi connectivity index (χ1n) is 6.03. The second kappa shape index (κ2) is 6.81. The fraction of sp³-hybridized carbons (Fsp3) is 0.818. The predicted octanol–water partition coefficient (Wildman–Crippen LogP) is 2.28. The molecule has 0 radical (unpaired) electrons. The zero-order valence-corrected chi connectivity index (χ0v) is 11.2. The van der Waals surface area contributed by atoms with Crippen molar-refractivity contribution < 1.29 is 0 Å². The molecule has 0 bridgehead atoms. The zero-order chi connectivity index (χ0) is 12.0. The van der Waals surface area contributed by atoms with Crippen molar-refractivity contribution in [1.82, 2.24) is 9.36 Å². The number of nitrogens with zero attached hydrogens (tertiary/aromatic N) is 2. The van der Waals surface area contributed by atoms with E-state index >= 15 is 0 Å². The number of nitrogens with one attached hydrogen (secondary N) is 1. The molecule has 0 aliphatic carbocycles. The molecule has 92 valence electrons. The van der Waals surface area contributed by atoms with Crippen molar-refractivity contribution in [3.63, 3.8) is 0 Å². The monoisotopic (exact) mass is 242 g/mol. The number of hydrogen-bond acceptors (Lipinski definition) is 5. The number of anilines is 1. The summed E-state index contributed by atoms with van der Waals surface area (Å²) in [6.07, 6.45) is 3.15. The van der Waals surface area contributed by atoms with Gasteiger partial charge in [-0.15, -0.1) is 0 Å². The number of rotatable bonds is 7. The summed E-state index contributed by atoms with van der Waals surface area (Å²) in [6, 6.07) is 0.198. The number of hydrogen-bond donors (Lipinski definition) is 2. The second-order valence-electron chi connectivity index (χ2n) is 3.99. The molecule has 1 rings (SSSR count). The van der Waals surface area contributed by atoms with Gasteiger partial charge in [0.05, 0.1) is 0 Å². The smallest absolute Gasteiger partial charge is 0.202 e. The van der Waals surface area contributed by atoms with Crippen LogP contribution in [0.5, 0.6) is 0 Å². The molecule has 0 amide bonds. The maximum atomic E-state index is 6.12. The lowest BCUT2D eigenvalue weighted by Gasteiger charge is -2.20. The summed E-state index contributed by atoms with van der Waals surface area (Å²) in [6.45, 7) is 7.22. The van der Waals surface area contributed by atoms with E-state index in [1.807, 2.05) is 0 Å². The Morgan fingerprint density at radius 2 is 2.00 bits per heavy atom. The molecule has 0 fully saturated rings. The Morgan fingerprint density at radius 1 is 1.31 bits per heavy atom. The van der Waals surface area contributed by atoms with Crippen molar-refractivity contribution in [3.05, 3.63) is 5.82 Å². The average Bonchev–Trinajstić information content (AvgIpc) is 2.76.